The van der Waals surface area contributed by atoms with Crippen LogP contribution in [0.25, 0.3) is 0 Å². The molecule has 1 aromatic carbocycles. The van der Waals surface area contributed by atoms with Gasteiger partial charge in [-0.05, 0) is 51.8 Å². The van der Waals surface area contributed by atoms with Crippen molar-refractivity contribution < 1.29 is 4.79 Å². The molecule has 1 saturated heterocycles. The quantitative estimate of drug-likeness (QED) is 0.716. The van der Waals surface area contributed by atoms with Crippen LogP contribution in [0.3, 0.4) is 0 Å². The molecule has 3 rings (SSSR count). The summed E-state index contributed by atoms with van der Waals surface area (Å²) in [4.78, 5) is 15.4. The predicted molar refractivity (Wildman–Crippen MR) is 86.5 cm³/mol. The molecule has 1 aromatic heterocycles. The molecule has 0 aliphatic carbocycles. The highest BCUT2D eigenvalue weighted by Gasteiger charge is 2.32. The first-order chi connectivity index (χ1) is 9.68. The summed E-state index contributed by atoms with van der Waals surface area (Å²) in [5.74, 6) is 0.0919. The highest BCUT2D eigenvalue weighted by molar-refractivity contribution is 9.10. The lowest BCUT2D eigenvalue weighted by atomic mass is 10.0. The van der Waals surface area contributed by atoms with Gasteiger partial charge in [0.1, 0.15) is 4.88 Å². The zero-order valence-corrected chi connectivity index (χ0v) is 13.8. The molecule has 1 fully saturated rings. The number of hydrogen-bond donors (Lipinski definition) is 0. The first-order valence-electron chi connectivity index (χ1n) is 6.47. The van der Waals surface area contributed by atoms with E-state index in [-0.39, 0.29) is 11.9 Å². The molecular formula is C15H13BrClNOS. The Hall–Kier alpha value is -0.840. The summed E-state index contributed by atoms with van der Waals surface area (Å²) in [7, 11) is 0. The van der Waals surface area contributed by atoms with Crippen LogP contribution in [0.1, 0.15) is 34.1 Å². The van der Waals surface area contributed by atoms with Crippen LogP contribution in [0.15, 0.2) is 40.2 Å². The number of likely N-dealkylation sites (tertiary alicyclic amines) is 1. The van der Waals surface area contributed by atoms with Crippen LogP contribution in [-0.4, -0.2) is 17.4 Å². The Bertz CT molecular complexity index is 642. The third-order valence-electron chi connectivity index (χ3n) is 3.59. The second-order valence-electron chi connectivity index (χ2n) is 4.78. The summed E-state index contributed by atoms with van der Waals surface area (Å²) in [6.07, 6.45) is 1.99. The number of carbonyl (C=O) groups is 1. The van der Waals surface area contributed by atoms with Gasteiger partial charge in [-0.15, -0.1) is 11.3 Å². The van der Waals surface area contributed by atoms with E-state index in [4.69, 9.17) is 11.6 Å². The minimum absolute atomic E-state index is 0.0881. The molecule has 2 aromatic rings. The van der Waals surface area contributed by atoms with Crippen molar-refractivity contribution in [1.29, 1.82) is 0 Å². The van der Waals surface area contributed by atoms with Crippen molar-refractivity contribution >= 4 is 44.8 Å². The van der Waals surface area contributed by atoms with Gasteiger partial charge < -0.3 is 4.90 Å². The molecular weight excluding hydrogens is 358 g/mol. The highest BCUT2D eigenvalue weighted by Crippen LogP contribution is 2.38. The lowest BCUT2D eigenvalue weighted by Gasteiger charge is -2.25. The number of rotatable bonds is 2. The molecule has 20 heavy (non-hydrogen) atoms. The maximum Gasteiger partial charge on any atom is 0.265 e. The molecule has 0 N–H and O–H groups in total. The van der Waals surface area contributed by atoms with E-state index in [9.17, 15) is 4.79 Å². The van der Waals surface area contributed by atoms with Gasteiger partial charge in [0.25, 0.3) is 5.91 Å². The monoisotopic (exact) mass is 369 g/mol. The fourth-order valence-corrected chi connectivity index (χ4v) is 4.41. The van der Waals surface area contributed by atoms with E-state index in [0.717, 1.165) is 39.3 Å². The molecule has 2 heterocycles. The number of carbonyl (C=O) groups excluding carboxylic acids is 1. The number of nitrogens with zero attached hydrogens (tertiary/aromatic N) is 1. The fraction of sp³-hybridized carbons (Fsp3) is 0.267. The van der Waals surface area contributed by atoms with Crippen LogP contribution < -0.4 is 0 Å². The van der Waals surface area contributed by atoms with E-state index < -0.39 is 0 Å². The Balaban J connectivity index is 1.92. The van der Waals surface area contributed by atoms with Crippen molar-refractivity contribution in [3.63, 3.8) is 0 Å². The Labute approximate surface area is 135 Å². The number of benzene rings is 1. The molecule has 2 nitrogen and oxygen atoms in total. The zero-order chi connectivity index (χ0) is 14.1. The van der Waals surface area contributed by atoms with Gasteiger partial charge in [0, 0.05) is 16.0 Å². The summed E-state index contributed by atoms with van der Waals surface area (Å²) in [6.45, 7) is 0.791. The molecule has 1 atom stereocenters. The van der Waals surface area contributed by atoms with Crippen molar-refractivity contribution in [2.24, 2.45) is 0 Å². The van der Waals surface area contributed by atoms with Crippen molar-refractivity contribution in [2.75, 3.05) is 6.54 Å². The van der Waals surface area contributed by atoms with Crippen LogP contribution >= 0.6 is 38.9 Å². The molecule has 1 unspecified atom stereocenters. The Morgan fingerprint density at radius 2 is 2.15 bits per heavy atom. The van der Waals surface area contributed by atoms with Gasteiger partial charge in [0.05, 0.1) is 6.04 Å². The molecule has 0 spiro atoms. The van der Waals surface area contributed by atoms with Crippen molar-refractivity contribution in [3.05, 3.63) is 55.6 Å². The minimum atomic E-state index is 0.0881. The van der Waals surface area contributed by atoms with Gasteiger partial charge in [-0.2, -0.15) is 0 Å². The van der Waals surface area contributed by atoms with Gasteiger partial charge in [-0.1, -0.05) is 29.8 Å². The topological polar surface area (TPSA) is 20.3 Å². The summed E-state index contributed by atoms with van der Waals surface area (Å²) in [5.41, 5.74) is 1.05. The smallest absolute Gasteiger partial charge is 0.265 e. The van der Waals surface area contributed by atoms with Gasteiger partial charge in [0.15, 0.2) is 0 Å². The molecule has 104 valence electrons. The Morgan fingerprint density at radius 3 is 2.85 bits per heavy atom. The lowest BCUT2D eigenvalue weighted by Crippen LogP contribution is -2.30. The third kappa shape index (κ3) is 2.52. The number of hydrogen-bond acceptors (Lipinski definition) is 2. The predicted octanol–water partition coefficient (Wildman–Crippen LogP) is 5.14. The maximum atomic E-state index is 12.7. The molecule has 1 amide bonds. The highest BCUT2D eigenvalue weighted by atomic mass is 79.9. The van der Waals surface area contributed by atoms with E-state index in [1.165, 1.54) is 11.3 Å². The average molecular weight is 371 g/mol. The number of thiophene rings is 1. The van der Waals surface area contributed by atoms with E-state index >= 15 is 0 Å². The van der Waals surface area contributed by atoms with E-state index in [1.54, 1.807) is 0 Å². The van der Waals surface area contributed by atoms with Gasteiger partial charge in [-0.3, -0.25) is 4.79 Å². The van der Waals surface area contributed by atoms with Crippen molar-refractivity contribution in [1.82, 2.24) is 4.90 Å². The van der Waals surface area contributed by atoms with Crippen LogP contribution in [0.4, 0.5) is 0 Å². The minimum Gasteiger partial charge on any atom is -0.331 e. The molecule has 0 bridgehead atoms. The Kier molecular flexibility index (Phi) is 4.15. The largest absolute Gasteiger partial charge is 0.331 e. The number of halogens is 2. The van der Waals surface area contributed by atoms with Crippen LogP contribution in [0.2, 0.25) is 5.02 Å². The van der Waals surface area contributed by atoms with Crippen LogP contribution in [0.5, 0.6) is 0 Å². The van der Waals surface area contributed by atoms with Crippen LogP contribution in [0, 0.1) is 0 Å². The Morgan fingerprint density at radius 1 is 1.35 bits per heavy atom. The van der Waals surface area contributed by atoms with Crippen molar-refractivity contribution in [2.45, 2.75) is 18.9 Å². The summed E-state index contributed by atoms with van der Waals surface area (Å²) in [6, 6.07) is 9.80. The van der Waals surface area contributed by atoms with E-state index in [2.05, 4.69) is 15.9 Å². The molecule has 1 aliphatic heterocycles. The first-order valence-corrected chi connectivity index (χ1v) is 8.52. The second-order valence-corrected chi connectivity index (χ2v) is 6.95. The second kappa shape index (κ2) is 5.88. The SMILES string of the molecule is O=C(c1sccc1Br)N1CCCC1c1ccccc1Cl. The molecule has 0 radical (unpaired) electrons. The van der Waals surface area contributed by atoms with Crippen LogP contribution in [-0.2, 0) is 0 Å². The van der Waals surface area contributed by atoms with E-state index in [0.29, 0.717) is 0 Å². The third-order valence-corrected chi connectivity index (χ3v) is 5.76. The van der Waals surface area contributed by atoms with E-state index in [1.807, 2.05) is 40.6 Å². The molecule has 5 heteroatoms. The standard InChI is InChI=1S/C15H13BrClNOS/c16-11-7-9-20-14(11)15(19)18-8-3-6-13(18)10-4-1-2-5-12(10)17/h1-2,4-5,7,9,13H,3,6,8H2. The van der Waals surface area contributed by atoms with Crippen molar-refractivity contribution in [3.8, 4) is 0 Å². The fourth-order valence-electron chi connectivity index (χ4n) is 2.66. The summed E-state index contributed by atoms with van der Waals surface area (Å²) >= 11 is 11.2. The molecule has 0 saturated carbocycles. The summed E-state index contributed by atoms with van der Waals surface area (Å²) < 4.78 is 0.873. The van der Waals surface area contributed by atoms with Gasteiger partial charge in [-0.25, -0.2) is 0 Å². The van der Waals surface area contributed by atoms with Gasteiger partial charge >= 0.3 is 0 Å². The summed E-state index contributed by atoms with van der Waals surface area (Å²) in [5, 5.41) is 2.67. The first kappa shape index (κ1) is 14.1. The normalized spacial score (nSPS) is 18.5. The van der Waals surface area contributed by atoms with Gasteiger partial charge in [0.2, 0.25) is 0 Å². The molecule has 1 aliphatic rings. The lowest BCUT2D eigenvalue weighted by molar-refractivity contribution is 0.0740. The maximum absolute atomic E-state index is 12.7. The number of amides is 1. The zero-order valence-electron chi connectivity index (χ0n) is 10.7. The average Bonchev–Trinajstić information content (AvgIpc) is 3.07.